The number of allylic oxidation sites excluding steroid dienone is 11. The molecule has 16 nitrogen and oxygen atoms in total. The van der Waals surface area contributed by atoms with Gasteiger partial charge in [0, 0.05) is 89.5 Å². The molecule has 0 saturated carbocycles. The van der Waals surface area contributed by atoms with Gasteiger partial charge in [-0.1, -0.05) is 12.1 Å². The smallest absolute Gasteiger partial charge is 0.328 e. The molecule has 1 aromatic carbocycles. The maximum atomic E-state index is 13.4. The Balaban J connectivity index is 1.14. The summed E-state index contributed by atoms with van der Waals surface area (Å²) in [5, 5.41) is 33.2. The largest absolute Gasteiger partial charge is 0.495 e. The van der Waals surface area contributed by atoms with Crippen LogP contribution in [0.4, 0.5) is 5.69 Å². The lowest BCUT2D eigenvalue weighted by molar-refractivity contribution is -0.671. The summed E-state index contributed by atoms with van der Waals surface area (Å²) in [6.07, 6.45) is 28.3. The number of aliphatic carboxylic acids is 1. The van der Waals surface area contributed by atoms with Crippen molar-refractivity contribution in [3.05, 3.63) is 203 Å². The van der Waals surface area contributed by atoms with Crippen LogP contribution < -0.4 is 20.2 Å². The maximum Gasteiger partial charge on any atom is 0.328 e. The van der Waals surface area contributed by atoms with E-state index in [1.165, 1.54) is 13.8 Å². The predicted octanol–water partition coefficient (Wildman–Crippen LogP) is 6.73. The first-order valence-corrected chi connectivity index (χ1v) is 23.1. The van der Waals surface area contributed by atoms with Crippen molar-refractivity contribution in [3.8, 4) is 0 Å². The number of carbonyl (C=O) groups excluding carboxylic acids is 1. The molecule has 8 bridgehead atoms. The van der Waals surface area contributed by atoms with Gasteiger partial charge in [-0.15, -0.1) is 0 Å². The number of hydrogen-bond acceptors (Lipinski definition) is 9. The molecule has 0 saturated heterocycles. The Morgan fingerprint density at radius 2 is 1.13 bits per heavy atom. The Kier molecular flexibility index (Phi) is 13.3. The average Bonchev–Trinajstić information content (AvgIpc) is 4.21. The van der Waals surface area contributed by atoms with Gasteiger partial charge in [-0.05, 0) is 115 Å². The molecule has 0 radical (unpaired) electrons. The molecular formula is C55H53N11O5+2. The van der Waals surface area contributed by atoms with E-state index in [1.807, 2.05) is 115 Å². The fourth-order valence-corrected chi connectivity index (χ4v) is 8.43. The van der Waals surface area contributed by atoms with E-state index in [0.717, 1.165) is 84.5 Å². The van der Waals surface area contributed by atoms with E-state index in [1.54, 1.807) is 12.1 Å². The molecule has 7 N–H and O–H groups in total. The second-order valence-electron chi connectivity index (χ2n) is 17.6. The number of H-pyrrole nitrogens is 1. The Labute approximate surface area is 410 Å². The Hall–Kier alpha value is -8.89. The number of hydrogen-bond donors (Lipinski definition) is 6. The predicted molar refractivity (Wildman–Crippen MR) is 277 cm³/mol. The second kappa shape index (κ2) is 20.0. The van der Waals surface area contributed by atoms with Crippen LogP contribution in [0.5, 0.6) is 0 Å². The van der Waals surface area contributed by atoms with Gasteiger partial charge < -0.3 is 36.3 Å². The summed E-state index contributed by atoms with van der Waals surface area (Å²) in [6.45, 7) is 2.79. The summed E-state index contributed by atoms with van der Waals surface area (Å²) >= 11 is 0. The van der Waals surface area contributed by atoms with Gasteiger partial charge in [0.15, 0.2) is 30.7 Å². The van der Waals surface area contributed by atoms with Gasteiger partial charge >= 0.3 is 5.97 Å². The van der Waals surface area contributed by atoms with Crippen molar-refractivity contribution in [2.75, 3.05) is 12.4 Å². The number of aromatic nitrogens is 3. The minimum atomic E-state index is -1.27. The highest BCUT2D eigenvalue weighted by Gasteiger charge is 2.28. The molecule has 0 spiro atoms. The van der Waals surface area contributed by atoms with E-state index in [0.29, 0.717) is 11.4 Å². The van der Waals surface area contributed by atoms with Crippen molar-refractivity contribution < 1.29 is 34.0 Å². The highest BCUT2D eigenvalue weighted by Crippen LogP contribution is 2.38. The highest BCUT2D eigenvalue weighted by molar-refractivity contribution is 6.36. The molecule has 1 amide bonds. The minimum Gasteiger partial charge on any atom is -0.495 e. The Morgan fingerprint density at radius 1 is 0.648 bits per heavy atom. The molecule has 5 aliphatic rings. The topological polar surface area (TPSA) is 221 Å². The van der Waals surface area contributed by atoms with Gasteiger partial charge in [0.05, 0.1) is 40.3 Å². The number of aryl methyl sites for hydroxylation is 2. The van der Waals surface area contributed by atoms with Crippen LogP contribution in [0, 0.1) is 0 Å². The van der Waals surface area contributed by atoms with Gasteiger partial charge in [-0.2, -0.15) is 0 Å². The number of aliphatic imine (C=N–C) groups is 5. The average molecular weight is 948 g/mol. The number of nitrogens with two attached hydrogens (primary N) is 1. The lowest BCUT2D eigenvalue weighted by Gasteiger charge is -2.16. The van der Waals surface area contributed by atoms with Crippen molar-refractivity contribution in [3.63, 3.8) is 0 Å². The Morgan fingerprint density at radius 3 is 1.63 bits per heavy atom. The summed E-state index contributed by atoms with van der Waals surface area (Å²) in [4.78, 5) is 54.5. The van der Waals surface area contributed by atoms with Gasteiger partial charge in [0.25, 0.3) is 0 Å². The van der Waals surface area contributed by atoms with Crippen molar-refractivity contribution in [2.45, 2.75) is 44.8 Å². The van der Waals surface area contributed by atoms with E-state index in [-0.39, 0.29) is 12.8 Å². The molecule has 356 valence electrons. The van der Waals surface area contributed by atoms with Crippen LogP contribution >= 0.6 is 0 Å². The van der Waals surface area contributed by atoms with E-state index < -0.39 is 41.8 Å². The number of fused-ring (bicyclic) bond motifs is 5. The monoisotopic (exact) mass is 947 g/mol. The number of amides is 1. The van der Waals surface area contributed by atoms with Crippen LogP contribution in [0.25, 0.3) is 16.7 Å². The number of nitrogens with one attached hydrogen (secondary N) is 2. The number of nitrogens with zero attached hydrogens (tertiary/aromatic N) is 8. The SMILES string of the molecule is C[C@H](N)C(O)=N[C@@H](CCC(=O)Nc1ccc(C2=C3C=CC(=N3)C(c3cc[n+](C)cc3)=C3C=CC(=N3)C(=C3C=CN(C)C=C3)C3=NC(=C(c4cc[n+](C)cc4)c4ccc2[nH]4)C=C3)cc1)C(O)=N[C@@H](C)C(=O)O. The number of carbonyl (C=O) groups is 2. The van der Waals surface area contributed by atoms with Gasteiger partial charge in [0.2, 0.25) is 11.8 Å². The number of rotatable bonds is 12. The number of aliphatic hydroxyl groups is 2. The number of carboxylic acids is 1. The van der Waals surface area contributed by atoms with Crippen LogP contribution in [-0.4, -0.2) is 91.2 Å². The zero-order valence-corrected chi connectivity index (χ0v) is 39.8. The molecule has 0 fully saturated rings. The normalized spacial score (nSPS) is 17.8. The summed E-state index contributed by atoms with van der Waals surface area (Å²) in [6, 6.07) is 16.5. The van der Waals surface area contributed by atoms with Gasteiger partial charge in [-0.25, -0.2) is 38.9 Å². The number of anilines is 1. The number of aliphatic hydroxyl groups excluding tert-OH is 2. The lowest BCUT2D eigenvalue weighted by Crippen LogP contribution is -2.31. The first-order valence-electron chi connectivity index (χ1n) is 23.1. The molecular weight excluding hydrogens is 895 g/mol. The summed E-state index contributed by atoms with van der Waals surface area (Å²) < 4.78 is 3.98. The Bertz CT molecular complexity index is 3280. The molecule has 4 aromatic rings. The molecule has 0 aliphatic carbocycles. The van der Waals surface area contributed by atoms with Crippen molar-refractivity contribution in [1.82, 2.24) is 9.88 Å². The third-order valence-corrected chi connectivity index (χ3v) is 12.3. The standard InChI is InChI=1S/C55H51N11O5/c1-32(56)53(68)63-47(54(69)57-33(2)55(70)71)18-19-48(67)58-38-8-6-34(7-9-38)49-39-10-12-41(59-39)50(35-20-26-64(3)27-21-35)43-14-16-45(61-43)52(37-24-30-66(5)31-25-37)46-17-15-44(62-46)51(42-13-11-40(49)60-42)36-22-28-65(4)29-23-36/h6-17,20-33,47H,18-19,56H2,1-5H3,(H3-2,57,58,59,60,61,62,63,67,68,69,70,71)/p+2/t32-,33-,47-/m0/s1. The zero-order chi connectivity index (χ0) is 49.9. The van der Waals surface area contributed by atoms with Crippen LogP contribution in [0.1, 0.15) is 54.8 Å². The van der Waals surface area contributed by atoms with Crippen LogP contribution in [-0.2, 0) is 23.7 Å². The van der Waals surface area contributed by atoms with Crippen molar-refractivity contribution >= 4 is 63.2 Å². The quantitative estimate of drug-likeness (QED) is 0.0510. The third-order valence-electron chi connectivity index (χ3n) is 12.3. The fraction of sp³-hybridized carbons (Fsp3) is 0.182. The molecule has 0 unspecified atom stereocenters. The highest BCUT2D eigenvalue weighted by atomic mass is 16.4. The van der Waals surface area contributed by atoms with E-state index in [9.17, 15) is 24.9 Å². The van der Waals surface area contributed by atoms with Crippen LogP contribution in [0.15, 0.2) is 200 Å². The van der Waals surface area contributed by atoms with Crippen molar-refractivity contribution in [2.24, 2.45) is 44.8 Å². The van der Waals surface area contributed by atoms with Crippen LogP contribution in [0.2, 0.25) is 0 Å². The fourth-order valence-electron chi connectivity index (χ4n) is 8.43. The maximum absolute atomic E-state index is 13.4. The van der Waals surface area contributed by atoms with E-state index >= 15 is 0 Å². The first-order chi connectivity index (χ1) is 34.2. The summed E-state index contributed by atoms with van der Waals surface area (Å²) in [7, 11) is 5.96. The van der Waals surface area contributed by atoms with Gasteiger partial charge in [-0.3, -0.25) is 4.79 Å². The van der Waals surface area contributed by atoms with E-state index in [2.05, 4.69) is 74.9 Å². The van der Waals surface area contributed by atoms with Gasteiger partial charge in [0.1, 0.15) is 26.2 Å². The number of benzene rings is 1. The van der Waals surface area contributed by atoms with Crippen molar-refractivity contribution in [1.29, 1.82) is 0 Å². The molecule has 3 aromatic heterocycles. The lowest BCUT2D eigenvalue weighted by atomic mass is 9.97. The third kappa shape index (κ3) is 10.3. The second-order valence-corrected chi connectivity index (χ2v) is 17.6. The number of aromatic amines is 1. The molecule has 16 heteroatoms. The molecule has 5 aliphatic heterocycles. The molecule has 3 atom stereocenters. The zero-order valence-electron chi connectivity index (χ0n) is 39.8. The molecule has 71 heavy (non-hydrogen) atoms. The molecule has 9 rings (SSSR count). The van der Waals surface area contributed by atoms with Crippen LogP contribution in [0.3, 0.4) is 0 Å². The van der Waals surface area contributed by atoms with E-state index in [4.69, 9.17) is 20.7 Å². The number of pyridine rings is 2. The first kappa shape index (κ1) is 47.2. The summed E-state index contributed by atoms with van der Waals surface area (Å²) in [5.41, 5.74) is 19.6. The number of carboxylic acid groups (broad SMARTS) is 1. The minimum absolute atomic E-state index is 0.0875. The summed E-state index contributed by atoms with van der Waals surface area (Å²) in [5.74, 6) is -2.76. The molecule has 8 heterocycles.